The van der Waals surface area contributed by atoms with E-state index < -0.39 is 0 Å². The molecule has 1 aliphatic rings. The minimum Gasteiger partial charge on any atom is -0.495 e. The van der Waals surface area contributed by atoms with E-state index >= 15 is 0 Å². The van der Waals surface area contributed by atoms with Gasteiger partial charge in [-0.3, -0.25) is 0 Å². The molecule has 2 heterocycles. The summed E-state index contributed by atoms with van der Waals surface area (Å²) in [6, 6.07) is 4.18. The zero-order chi connectivity index (χ0) is 13.9. The van der Waals surface area contributed by atoms with E-state index in [1.54, 1.807) is 7.11 Å². The summed E-state index contributed by atoms with van der Waals surface area (Å²) in [5.41, 5.74) is 3.84. The number of benzene rings is 1. The third-order valence-electron chi connectivity index (χ3n) is 4.21. The van der Waals surface area contributed by atoms with Crippen LogP contribution in [0.15, 0.2) is 18.3 Å². The summed E-state index contributed by atoms with van der Waals surface area (Å²) in [5, 5.41) is 4.73. The first kappa shape index (κ1) is 13.5. The first-order valence-electron chi connectivity index (χ1n) is 7.36. The standard InChI is InChI=1S/C16H23N3O/c1-12-3-4-14(20-2)16-15(12)13(11-18-16)5-8-19-9-6-17-7-10-19/h3-4,11,17-18H,5-10H2,1-2H3. The first-order chi connectivity index (χ1) is 9.79. The van der Waals surface area contributed by atoms with Crippen LogP contribution in [0, 0.1) is 6.92 Å². The summed E-state index contributed by atoms with van der Waals surface area (Å²) in [6.45, 7) is 7.84. The molecule has 1 aromatic carbocycles. The Kier molecular flexibility index (Phi) is 3.94. The molecular weight excluding hydrogens is 250 g/mol. The molecule has 3 rings (SSSR count). The Hall–Kier alpha value is -1.52. The van der Waals surface area contributed by atoms with Crippen molar-refractivity contribution in [1.82, 2.24) is 15.2 Å². The van der Waals surface area contributed by atoms with Gasteiger partial charge in [0.1, 0.15) is 5.75 Å². The van der Waals surface area contributed by atoms with Crippen LogP contribution >= 0.6 is 0 Å². The van der Waals surface area contributed by atoms with E-state index in [4.69, 9.17) is 4.74 Å². The smallest absolute Gasteiger partial charge is 0.142 e. The number of fused-ring (bicyclic) bond motifs is 1. The zero-order valence-corrected chi connectivity index (χ0v) is 12.3. The highest BCUT2D eigenvalue weighted by Crippen LogP contribution is 2.30. The monoisotopic (exact) mass is 273 g/mol. The van der Waals surface area contributed by atoms with Gasteiger partial charge in [0.05, 0.1) is 12.6 Å². The highest BCUT2D eigenvalue weighted by atomic mass is 16.5. The van der Waals surface area contributed by atoms with Crippen molar-refractivity contribution < 1.29 is 4.74 Å². The molecular formula is C16H23N3O. The van der Waals surface area contributed by atoms with Crippen LogP contribution in [0.5, 0.6) is 5.75 Å². The van der Waals surface area contributed by atoms with Crippen LogP contribution in [-0.2, 0) is 6.42 Å². The molecule has 2 N–H and O–H groups in total. The van der Waals surface area contributed by atoms with Crippen molar-refractivity contribution in [3.63, 3.8) is 0 Å². The quantitative estimate of drug-likeness (QED) is 0.894. The summed E-state index contributed by atoms with van der Waals surface area (Å²) < 4.78 is 5.44. The lowest BCUT2D eigenvalue weighted by atomic mass is 10.0. The molecule has 0 aliphatic carbocycles. The number of hydrogen-bond donors (Lipinski definition) is 2. The number of rotatable bonds is 4. The Bertz CT molecular complexity index is 585. The molecule has 0 amide bonds. The van der Waals surface area contributed by atoms with Gasteiger partial charge in [-0.15, -0.1) is 0 Å². The summed E-state index contributed by atoms with van der Waals surface area (Å²) >= 11 is 0. The van der Waals surface area contributed by atoms with E-state index in [-0.39, 0.29) is 0 Å². The van der Waals surface area contributed by atoms with Gasteiger partial charge in [0, 0.05) is 44.3 Å². The average molecular weight is 273 g/mol. The molecule has 2 aromatic rings. The fourth-order valence-electron chi connectivity index (χ4n) is 3.06. The highest BCUT2D eigenvalue weighted by molar-refractivity contribution is 5.91. The third kappa shape index (κ3) is 2.53. The van der Waals surface area contributed by atoms with Crippen LogP contribution in [0.3, 0.4) is 0 Å². The first-order valence-corrected chi connectivity index (χ1v) is 7.36. The number of nitrogens with zero attached hydrogens (tertiary/aromatic N) is 1. The topological polar surface area (TPSA) is 40.3 Å². The number of aryl methyl sites for hydroxylation is 1. The maximum atomic E-state index is 5.44. The van der Waals surface area contributed by atoms with Crippen LogP contribution in [-0.4, -0.2) is 49.7 Å². The second-order valence-corrected chi connectivity index (χ2v) is 5.49. The fourth-order valence-corrected chi connectivity index (χ4v) is 3.06. The van der Waals surface area contributed by atoms with Crippen LogP contribution < -0.4 is 10.1 Å². The van der Waals surface area contributed by atoms with Gasteiger partial charge in [0.15, 0.2) is 0 Å². The van der Waals surface area contributed by atoms with Crippen molar-refractivity contribution >= 4 is 10.9 Å². The Labute approximate surface area is 120 Å². The number of hydrogen-bond acceptors (Lipinski definition) is 3. The molecule has 108 valence electrons. The molecule has 1 fully saturated rings. The molecule has 4 nitrogen and oxygen atoms in total. The molecule has 4 heteroatoms. The fraction of sp³-hybridized carbons (Fsp3) is 0.500. The number of piperazine rings is 1. The third-order valence-corrected chi connectivity index (χ3v) is 4.21. The molecule has 0 saturated carbocycles. The maximum absolute atomic E-state index is 5.44. The van der Waals surface area contributed by atoms with Crippen molar-refractivity contribution in [1.29, 1.82) is 0 Å². The van der Waals surface area contributed by atoms with Crippen molar-refractivity contribution in [2.24, 2.45) is 0 Å². The van der Waals surface area contributed by atoms with Gasteiger partial charge in [0.25, 0.3) is 0 Å². The van der Waals surface area contributed by atoms with Gasteiger partial charge >= 0.3 is 0 Å². The Morgan fingerprint density at radius 3 is 2.80 bits per heavy atom. The van der Waals surface area contributed by atoms with Gasteiger partial charge in [-0.2, -0.15) is 0 Å². The lowest BCUT2D eigenvalue weighted by Crippen LogP contribution is -2.44. The maximum Gasteiger partial charge on any atom is 0.142 e. The van der Waals surface area contributed by atoms with Gasteiger partial charge in [-0.25, -0.2) is 0 Å². The SMILES string of the molecule is COc1ccc(C)c2c(CCN3CCNCC3)c[nH]c12. The Balaban J connectivity index is 1.81. The minimum absolute atomic E-state index is 0.930. The molecule has 0 atom stereocenters. The van der Waals surface area contributed by atoms with Gasteiger partial charge < -0.3 is 19.9 Å². The second kappa shape index (κ2) is 5.85. The van der Waals surface area contributed by atoms with E-state index in [0.29, 0.717) is 0 Å². The lowest BCUT2D eigenvalue weighted by Gasteiger charge is -2.27. The molecule has 1 aromatic heterocycles. The highest BCUT2D eigenvalue weighted by Gasteiger charge is 2.13. The summed E-state index contributed by atoms with van der Waals surface area (Å²) in [7, 11) is 1.73. The van der Waals surface area contributed by atoms with Crippen molar-refractivity contribution in [3.05, 3.63) is 29.5 Å². The van der Waals surface area contributed by atoms with Crippen LogP contribution in [0.25, 0.3) is 10.9 Å². The van der Waals surface area contributed by atoms with Crippen LogP contribution in [0.2, 0.25) is 0 Å². The second-order valence-electron chi connectivity index (χ2n) is 5.49. The number of aromatic amines is 1. The minimum atomic E-state index is 0.930. The van der Waals surface area contributed by atoms with Crippen LogP contribution in [0.1, 0.15) is 11.1 Å². The van der Waals surface area contributed by atoms with E-state index in [2.05, 4.69) is 34.4 Å². The number of methoxy groups -OCH3 is 1. The normalized spacial score (nSPS) is 16.7. The number of ether oxygens (including phenoxy) is 1. The van der Waals surface area contributed by atoms with Gasteiger partial charge in [-0.1, -0.05) is 6.07 Å². The van der Waals surface area contributed by atoms with Gasteiger partial charge in [-0.05, 0) is 30.5 Å². The number of H-pyrrole nitrogens is 1. The predicted octanol–water partition coefficient (Wildman–Crippen LogP) is 1.93. The summed E-state index contributed by atoms with van der Waals surface area (Å²) in [6.07, 6.45) is 3.23. The predicted molar refractivity (Wildman–Crippen MR) is 82.6 cm³/mol. The lowest BCUT2D eigenvalue weighted by molar-refractivity contribution is 0.244. The molecule has 1 saturated heterocycles. The van der Waals surface area contributed by atoms with E-state index in [1.165, 1.54) is 16.5 Å². The number of nitrogens with one attached hydrogen (secondary N) is 2. The van der Waals surface area contributed by atoms with Crippen molar-refractivity contribution in [2.75, 3.05) is 39.8 Å². The van der Waals surface area contributed by atoms with Gasteiger partial charge in [0.2, 0.25) is 0 Å². The average Bonchev–Trinajstić information content (AvgIpc) is 2.92. The number of aromatic nitrogens is 1. The Morgan fingerprint density at radius 2 is 2.05 bits per heavy atom. The molecule has 20 heavy (non-hydrogen) atoms. The van der Waals surface area contributed by atoms with E-state index in [0.717, 1.165) is 50.4 Å². The largest absolute Gasteiger partial charge is 0.495 e. The molecule has 0 spiro atoms. The molecule has 0 bridgehead atoms. The molecule has 0 unspecified atom stereocenters. The summed E-state index contributed by atoms with van der Waals surface area (Å²) in [4.78, 5) is 5.91. The van der Waals surface area contributed by atoms with Crippen molar-refractivity contribution in [2.45, 2.75) is 13.3 Å². The molecule has 0 radical (unpaired) electrons. The molecule has 1 aliphatic heterocycles. The van der Waals surface area contributed by atoms with E-state index in [1.807, 2.05) is 6.07 Å². The van der Waals surface area contributed by atoms with Crippen molar-refractivity contribution in [3.8, 4) is 5.75 Å². The summed E-state index contributed by atoms with van der Waals surface area (Å²) in [5.74, 6) is 0.930. The van der Waals surface area contributed by atoms with E-state index in [9.17, 15) is 0 Å². The zero-order valence-electron chi connectivity index (χ0n) is 12.3. The van der Waals surface area contributed by atoms with Crippen LogP contribution in [0.4, 0.5) is 0 Å². The Morgan fingerprint density at radius 1 is 1.25 bits per heavy atom.